The number of benzene rings is 3. The summed E-state index contributed by atoms with van der Waals surface area (Å²) in [7, 11) is 0. The molecule has 3 N–H and O–H groups in total. The van der Waals surface area contributed by atoms with Crippen LogP contribution in [0.3, 0.4) is 0 Å². The van der Waals surface area contributed by atoms with Crippen molar-refractivity contribution in [3.63, 3.8) is 0 Å². The van der Waals surface area contributed by atoms with E-state index in [-0.39, 0.29) is 13.0 Å². The van der Waals surface area contributed by atoms with Crippen molar-refractivity contribution in [2.45, 2.75) is 45.4 Å². The molecule has 0 aliphatic carbocycles. The average molecular weight is 520 g/mol. The van der Waals surface area contributed by atoms with Gasteiger partial charge in [0.2, 0.25) is 5.89 Å². The lowest BCUT2D eigenvalue weighted by atomic mass is 9.99. The zero-order chi connectivity index (χ0) is 27.1. The summed E-state index contributed by atoms with van der Waals surface area (Å²) in [6, 6.07) is 17.3. The first-order valence-corrected chi connectivity index (χ1v) is 12.6. The van der Waals surface area contributed by atoms with Crippen LogP contribution < -0.4 is 10.6 Å². The number of amides is 1. The predicted molar refractivity (Wildman–Crippen MR) is 142 cm³/mol. The van der Waals surface area contributed by atoms with E-state index < -0.39 is 29.7 Å². The number of nitrogens with zero attached hydrogens (tertiary/aromatic N) is 1. The monoisotopic (exact) mass is 519 g/mol. The van der Waals surface area contributed by atoms with Crippen LogP contribution in [-0.2, 0) is 19.4 Å². The maximum atomic E-state index is 13.8. The normalized spacial score (nSPS) is 12.8. The minimum absolute atomic E-state index is 0.0349. The molecule has 0 aliphatic rings. The van der Waals surface area contributed by atoms with Gasteiger partial charge in [0.25, 0.3) is 5.91 Å². The van der Waals surface area contributed by atoms with E-state index in [9.17, 15) is 18.7 Å². The molecule has 0 radical (unpaired) electrons. The number of hydrogen-bond acceptors (Lipinski definition) is 5. The summed E-state index contributed by atoms with van der Waals surface area (Å²) in [6.07, 6.45) is 1.45. The second-order valence-corrected chi connectivity index (χ2v) is 9.31. The number of aliphatic hydroxyl groups excluding tert-OH is 1. The number of rotatable bonds is 11. The van der Waals surface area contributed by atoms with Gasteiger partial charge in [-0.1, -0.05) is 37.3 Å². The summed E-state index contributed by atoms with van der Waals surface area (Å²) in [6.45, 7) is 4.58. The maximum absolute atomic E-state index is 13.8. The molecule has 38 heavy (non-hydrogen) atoms. The first-order valence-electron chi connectivity index (χ1n) is 12.6. The largest absolute Gasteiger partial charge is 0.444 e. The SMILES string of the molecule is CCc1cccc(CNC[C@H](O)[C@H](Cc2cc(F)cc(F)c2)NC(=O)c2cccc(-c3nc(C)co3)c2)c1. The quantitative estimate of drug-likeness (QED) is 0.260. The number of aliphatic hydroxyl groups is 1. The smallest absolute Gasteiger partial charge is 0.251 e. The van der Waals surface area contributed by atoms with Crippen LogP contribution >= 0.6 is 0 Å². The van der Waals surface area contributed by atoms with Crippen LogP contribution in [-0.4, -0.2) is 34.7 Å². The summed E-state index contributed by atoms with van der Waals surface area (Å²) >= 11 is 0. The summed E-state index contributed by atoms with van der Waals surface area (Å²) in [5.41, 5.74) is 4.30. The summed E-state index contributed by atoms with van der Waals surface area (Å²) < 4.78 is 33.1. The minimum Gasteiger partial charge on any atom is -0.444 e. The number of aromatic nitrogens is 1. The van der Waals surface area contributed by atoms with Gasteiger partial charge in [0, 0.05) is 30.3 Å². The number of aryl methyl sites for hydroxylation is 2. The van der Waals surface area contributed by atoms with Crippen molar-refractivity contribution in [1.82, 2.24) is 15.6 Å². The van der Waals surface area contributed by atoms with Gasteiger partial charge < -0.3 is 20.2 Å². The molecule has 0 aliphatic heterocycles. The van der Waals surface area contributed by atoms with Gasteiger partial charge in [-0.3, -0.25) is 4.79 Å². The van der Waals surface area contributed by atoms with Crippen LogP contribution in [0.25, 0.3) is 11.5 Å². The number of nitrogens with one attached hydrogen (secondary N) is 2. The predicted octanol–water partition coefficient (Wildman–Crippen LogP) is 4.98. The Bertz CT molecular complexity index is 1370. The maximum Gasteiger partial charge on any atom is 0.251 e. The third-order valence-corrected chi connectivity index (χ3v) is 6.23. The first kappa shape index (κ1) is 27.2. The molecule has 0 spiro atoms. The average Bonchev–Trinajstić information content (AvgIpc) is 3.34. The number of hydrogen-bond donors (Lipinski definition) is 3. The minimum atomic E-state index is -1.03. The van der Waals surface area contributed by atoms with E-state index in [0.29, 0.717) is 34.8 Å². The highest BCUT2D eigenvalue weighted by Crippen LogP contribution is 2.20. The first-order chi connectivity index (χ1) is 18.3. The van der Waals surface area contributed by atoms with E-state index in [2.05, 4.69) is 34.7 Å². The van der Waals surface area contributed by atoms with Crippen molar-refractivity contribution in [3.8, 4) is 11.5 Å². The van der Waals surface area contributed by atoms with Crippen molar-refractivity contribution < 1.29 is 23.1 Å². The molecular formula is C30H31F2N3O3. The van der Waals surface area contributed by atoms with Crippen LogP contribution in [0.4, 0.5) is 8.78 Å². The van der Waals surface area contributed by atoms with Gasteiger partial charge in [-0.15, -0.1) is 0 Å². The van der Waals surface area contributed by atoms with Gasteiger partial charge in [0.05, 0.1) is 17.8 Å². The molecule has 0 saturated heterocycles. The van der Waals surface area contributed by atoms with Crippen LogP contribution in [0.1, 0.15) is 39.7 Å². The molecule has 3 aromatic carbocycles. The molecule has 0 fully saturated rings. The fraction of sp³-hybridized carbons (Fsp3) is 0.267. The van der Waals surface area contributed by atoms with Crippen molar-refractivity contribution in [2.75, 3.05) is 6.54 Å². The van der Waals surface area contributed by atoms with Crippen LogP contribution in [0.2, 0.25) is 0 Å². The molecule has 4 rings (SSSR count). The second-order valence-electron chi connectivity index (χ2n) is 9.31. The van der Waals surface area contributed by atoms with Crippen molar-refractivity contribution in [3.05, 3.63) is 113 Å². The molecule has 198 valence electrons. The molecule has 0 bridgehead atoms. The Morgan fingerprint density at radius 2 is 1.74 bits per heavy atom. The van der Waals surface area contributed by atoms with E-state index in [0.717, 1.165) is 18.1 Å². The fourth-order valence-corrected chi connectivity index (χ4v) is 4.26. The molecule has 0 unspecified atom stereocenters. The Labute approximate surface area is 220 Å². The molecule has 2 atom stereocenters. The van der Waals surface area contributed by atoms with Crippen LogP contribution in [0.15, 0.2) is 77.4 Å². The fourth-order valence-electron chi connectivity index (χ4n) is 4.26. The molecule has 6 nitrogen and oxygen atoms in total. The Morgan fingerprint density at radius 1 is 1.00 bits per heavy atom. The van der Waals surface area contributed by atoms with Crippen molar-refractivity contribution in [1.29, 1.82) is 0 Å². The van der Waals surface area contributed by atoms with Crippen LogP contribution in [0, 0.1) is 18.6 Å². The lowest BCUT2D eigenvalue weighted by molar-refractivity contribution is 0.0830. The second kappa shape index (κ2) is 12.6. The molecule has 4 aromatic rings. The van der Waals surface area contributed by atoms with E-state index >= 15 is 0 Å². The lowest BCUT2D eigenvalue weighted by Crippen LogP contribution is -2.48. The third kappa shape index (κ3) is 7.34. The highest BCUT2D eigenvalue weighted by molar-refractivity contribution is 5.95. The van der Waals surface area contributed by atoms with Crippen molar-refractivity contribution >= 4 is 5.91 Å². The number of oxazole rings is 1. The van der Waals surface area contributed by atoms with Gasteiger partial charge in [-0.2, -0.15) is 0 Å². The third-order valence-electron chi connectivity index (χ3n) is 6.23. The molecule has 1 amide bonds. The Hall–Kier alpha value is -3.88. The molecular weight excluding hydrogens is 488 g/mol. The number of carbonyl (C=O) groups is 1. The molecule has 1 heterocycles. The van der Waals surface area contributed by atoms with Gasteiger partial charge in [0.1, 0.15) is 17.9 Å². The number of carbonyl (C=O) groups excluding carboxylic acids is 1. The Morgan fingerprint density at radius 3 is 2.45 bits per heavy atom. The van der Waals surface area contributed by atoms with Gasteiger partial charge >= 0.3 is 0 Å². The van der Waals surface area contributed by atoms with Gasteiger partial charge in [-0.25, -0.2) is 13.8 Å². The summed E-state index contributed by atoms with van der Waals surface area (Å²) in [5.74, 6) is -1.49. The Balaban J connectivity index is 1.49. The summed E-state index contributed by atoms with van der Waals surface area (Å²) in [4.78, 5) is 17.5. The lowest BCUT2D eigenvalue weighted by Gasteiger charge is -2.25. The van der Waals surface area contributed by atoms with E-state index in [1.54, 1.807) is 31.2 Å². The van der Waals surface area contributed by atoms with Crippen LogP contribution in [0.5, 0.6) is 0 Å². The van der Waals surface area contributed by atoms with Gasteiger partial charge in [0.15, 0.2) is 0 Å². The topological polar surface area (TPSA) is 87.4 Å². The zero-order valence-electron chi connectivity index (χ0n) is 21.4. The Kier molecular flexibility index (Phi) is 8.99. The molecule has 8 heteroatoms. The standard InChI is InChI=1S/C30H31F2N3O3/c1-3-20-6-4-7-21(10-20)16-33-17-28(36)27(13-22-11-25(31)15-26(32)12-22)35-29(37)23-8-5-9-24(14-23)30-34-19(2)18-38-30/h4-12,14-15,18,27-28,33,36H,3,13,16-17H2,1-2H3,(H,35,37)/t27-,28-/m0/s1. The molecule has 1 aromatic heterocycles. The summed E-state index contributed by atoms with van der Waals surface area (Å²) in [5, 5.41) is 17.1. The van der Waals surface area contributed by atoms with E-state index in [1.807, 2.05) is 12.1 Å². The van der Waals surface area contributed by atoms with E-state index in [4.69, 9.17) is 4.42 Å². The van der Waals surface area contributed by atoms with E-state index in [1.165, 1.54) is 24.0 Å². The molecule has 0 saturated carbocycles. The van der Waals surface area contributed by atoms with Crippen molar-refractivity contribution in [2.24, 2.45) is 0 Å². The number of halogens is 2. The highest BCUT2D eigenvalue weighted by atomic mass is 19.1. The zero-order valence-corrected chi connectivity index (χ0v) is 21.4. The highest BCUT2D eigenvalue weighted by Gasteiger charge is 2.23. The van der Waals surface area contributed by atoms with Gasteiger partial charge in [-0.05, 0) is 66.8 Å².